The maximum atomic E-state index is 13.5. The van der Waals surface area contributed by atoms with Crippen LogP contribution >= 0.6 is 0 Å². The average molecular weight is 291 g/mol. The summed E-state index contributed by atoms with van der Waals surface area (Å²) in [5.74, 6) is -4.15. The van der Waals surface area contributed by atoms with Gasteiger partial charge in [0, 0.05) is 5.56 Å². The lowest BCUT2D eigenvalue weighted by molar-refractivity contribution is 0.0693. The van der Waals surface area contributed by atoms with E-state index in [1.807, 2.05) is 0 Å². The summed E-state index contributed by atoms with van der Waals surface area (Å²) in [6.07, 6.45) is 0. The van der Waals surface area contributed by atoms with Gasteiger partial charge >= 0.3 is 5.97 Å². The van der Waals surface area contributed by atoms with E-state index in [0.717, 1.165) is 18.2 Å². The number of aromatic hydroxyl groups is 2. The number of benzene rings is 2. The predicted octanol–water partition coefficient (Wildman–Crippen LogP) is 2.19. The minimum Gasteiger partial charge on any atom is -0.504 e. The SMILES string of the molecule is O=C(Nc1cccc(F)c1C(=O)O)c1ccc(O)c(O)c1. The summed E-state index contributed by atoms with van der Waals surface area (Å²) in [5.41, 5.74) is -0.889. The molecule has 2 rings (SSSR count). The van der Waals surface area contributed by atoms with E-state index in [1.165, 1.54) is 18.2 Å². The van der Waals surface area contributed by atoms with Gasteiger partial charge in [0.15, 0.2) is 11.5 Å². The highest BCUT2D eigenvalue weighted by Crippen LogP contribution is 2.26. The number of nitrogens with one attached hydrogen (secondary N) is 1. The van der Waals surface area contributed by atoms with Gasteiger partial charge in [0.25, 0.3) is 5.91 Å². The van der Waals surface area contributed by atoms with E-state index in [0.29, 0.717) is 0 Å². The largest absolute Gasteiger partial charge is 0.504 e. The summed E-state index contributed by atoms with van der Waals surface area (Å²) in [6, 6.07) is 6.80. The van der Waals surface area contributed by atoms with E-state index in [4.69, 9.17) is 10.2 Å². The third-order valence-corrected chi connectivity index (χ3v) is 2.71. The van der Waals surface area contributed by atoms with Crippen LogP contribution in [0.1, 0.15) is 20.7 Å². The fourth-order valence-corrected chi connectivity index (χ4v) is 1.70. The first kappa shape index (κ1) is 14.3. The van der Waals surface area contributed by atoms with Gasteiger partial charge in [0.05, 0.1) is 5.69 Å². The number of amides is 1. The number of rotatable bonds is 3. The highest BCUT2D eigenvalue weighted by atomic mass is 19.1. The molecule has 6 nitrogen and oxygen atoms in total. The molecule has 0 fully saturated rings. The summed E-state index contributed by atoms with van der Waals surface area (Å²) in [4.78, 5) is 22.9. The minimum atomic E-state index is -1.52. The number of hydrogen-bond acceptors (Lipinski definition) is 4. The molecule has 0 saturated carbocycles. The number of carboxylic acids is 1. The molecular formula is C14H10FNO5. The zero-order valence-electron chi connectivity index (χ0n) is 10.5. The number of hydrogen-bond donors (Lipinski definition) is 4. The first-order valence-corrected chi connectivity index (χ1v) is 5.75. The number of aromatic carboxylic acids is 1. The highest BCUT2D eigenvalue weighted by molar-refractivity contribution is 6.08. The second-order valence-electron chi connectivity index (χ2n) is 4.13. The Bertz CT molecular complexity index is 729. The van der Waals surface area contributed by atoms with Crippen LogP contribution in [0.25, 0.3) is 0 Å². The third kappa shape index (κ3) is 2.92. The zero-order chi connectivity index (χ0) is 15.6. The van der Waals surface area contributed by atoms with Crippen LogP contribution in [0.15, 0.2) is 36.4 Å². The summed E-state index contributed by atoms with van der Waals surface area (Å²) >= 11 is 0. The number of halogens is 1. The maximum Gasteiger partial charge on any atom is 0.340 e. The van der Waals surface area contributed by atoms with Gasteiger partial charge in [0.2, 0.25) is 0 Å². The van der Waals surface area contributed by atoms with Gasteiger partial charge < -0.3 is 20.6 Å². The average Bonchev–Trinajstić information content (AvgIpc) is 2.41. The first-order valence-electron chi connectivity index (χ1n) is 5.75. The monoisotopic (exact) mass is 291 g/mol. The summed E-state index contributed by atoms with van der Waals surface area (Å²) in [5, 5.41) is 29.7. The molecule has 0 spiro atoms. The molecule has 4 N–H and O–H groups in total. The number of phenolic OH excluding ortho intramolecular Hbond substituents is 2. The van der Waals surface area contributed by atoms with E-state index in [9.17, 15) is 19.1 Å². The van der Waals surface area contributed by atoms with Crippen LogP contribution in [0.4, 0.5) is 10.1 Å². The quantitative estimate of drug-likeness (QED) is 0.648. The van der Waals surface area contributed by atoms with Crippen molar-refractivity contribution in [3.8, 4) is 11.5 Å². The van der Waals surface area contributed by atoms with Crippen LogP contribution in [0.5, 0.6) is 11.5 Å². The molecule has 0 unspecified atom stereocenters. The molecule has 0 aliphatic carbocycles. The third-order valence-electron chi connectivity index (χ3n) is 2.71. The topological polar surface area (TPSA) is 107 Å². The van der Waals surface area contributed by atoms with E-state index >= 15 is 0 Å². The van der Waals surface area contributed by atoms with Crippen LogP contribution in [-0.4, -0.2) is 27.2 Å². The van der Waals surface area contributed by atoms with Gasteiger partial charge in [-0.05, 0) is 30.3 Å². The number of carbonyl (C=O) groups excluding carboxylic acids is 1. The van der Waals surface area contributed by atoms with Gasteiger partial charge in [-0.15, -0.1) is 0 Å². The van der Waals surface area contributed by atoms with Gasteiger partial charge in [0.1, 0.15) is 11.4 Å². The molecule has 1 amide bonds. The molecule has 108 valence electrons. The summed E-state index contributed by atoms with van der Waals surface area (Å²) < 4.78 is 13.5. The van der Waals surface area contributed by atoms with Gasteiger partial charge in [-0.2, -0.15) is 0 Å². The highest BCUT2D eigenvalue weighted by Gasteiger charge is 2.18. The molecule has 21 heavy (non-hydrogen) atoms. The Balaban J connectivity index is 2.34. The van der Waals surface area contributed by atoms with Crippen molar-refractivity contribution in [2.75, 3.05) is 5.32 Å². The standard InChI is InChI=1S/C14H10FNO5/c15-8-2-1-3-9(12(8)14(20)21)16-13(19)7-4-5-10(17)11(18)6-7/h1-6,17-18H,(H,16,19)(H,20,21). The minimum absolute atomic E-state index is 0.0223. The lowest BCUT2D eigenvalue weighted by Gasteiger charge is -2.09. The first-order chi connectivity index (χ1) is 9.90. The molecule has 7 heteroatoms. The van der Waals surface area contributed by atoms with Crippen LogP contribution in [0, 0.1) is 5.82 Å². The van der Waals surface area contributed by atoms with Crippen LogP contribution in [-0.2, 0) is 0 Å². The van der Waals surface area contributed by atoms with E-state index in [1.54, 1.807) is 0 Å². The Morgan fingerprint density at radius 1 is 1.05 bits per heavy atom. The van der Waals surface area contributed by atoms with Crippen molar-refractivity contribution in [1.29, 1.82) is 0 Å². The van der Waals surface area contributed by atoms with Crippen molar-refractivity contribution in [2.24, 2.45) is 0 Å². The number of phenols is 2. The Kier molecular flexibility index (Phi) is 3.75. The van der Waals surface area contributed by atoms with Crippen LogP contribution < -0.4 is 5.32 Å². The Morgan fingerprint density at radius 2 is 1.76 bits per heavy atom. The fraction of sp³-hybridized carbons (Fsp3) is 0. The summed E-state index contributed by atoms with van der Waals surface area (Å²) in [6.45, 7) is 0. The smallest absolute Gasteiger partial charge is 0.340 e. The van der Waals surface area contributed by atoms with Crippen LogP contribution in [0.3, 0.4) is 0 Å². The molecule has 0 bridgehead atoms. The fourth-order valence-electron chi connectivity index (χ4n) is 1.70. The van der Waals surface area contributed by atoms with Crippen molar-refractivity contribution in [3.05, 3.63) is 53.3 Å². The van der Waals surface area contributed by atoms with Crippen molar-refractivity contribution in [2.45, 2.75) is 0 Å². The molecule has 0 aliphatic rings. The Labute approximate surface area is 118 Å². The van der Waals surface area contributed by atoms with Crippen molar-refractivity contribution >= 4 is 17.6 Å². The lowest BCUT2D eigenvalue weighted by Crippen LogP contribution is -2.15. The molecule has 2 aromatic rings. The molecule has 0 atom stereocenters. The van der Waals surface area contributed by atoms with Gasteiger partial charge in [-0.1, -0.05) is 6.07 Å². The second kappa shape index (κ2) is 5.49. The number of anilines is 1. The second-order valence-corrected chi connectivity index (χ2v) is 4.13. The number of carboxylic acid groups (broad SMARTS) is 1. The molecule has 0 aliphatic heterocycles. The lowest BCUT2D eigenvalue weighted by atomic mass is 10.1. The van der Waals surface area contributed by atoms with E-state index in [2.05, 4.69) is 5.32 Å². The van der Waals surface area contributed by atoms with E-state index < -0.39 is 34.8 Å². The molecule has 0 radical (unpaired) electrons. The van der Waals surface area contributed by atoms with E-state index in [-0.39, 0.29) is 11.3 Å². The Hall–Kier alpha value is -3.09. The Morgan fingerprint density at radius 3 is 2.38 bits per heavy atom. The van der Waals surface area contributed by atoms with Crippen molar-refractivity contribution in [3.63, 3.8) is 0 Å². The zero-order valence-corrected chi connectivity index (χ0v) is 10.5. The molecule has 0 aromatic heterocycles. The molecule has 0 saturated heterocycles. The molecule has 0 heterocycles. The van der Waals surface area contributed by atoms with Gasteiger partial charge in [-0.25, -0.2) is 9.18 Å². The predicted molar refractivity (Wildman–Crippen MR) is 71.1 cm³/mol. The van der Waals surface area contributed by atoms with Crippen LogP contribution in [0.2, 0.25) is 0 Å². The van der Waals surface area contributed by atoms with Gasteiger partial charge in [-0.3, -0.25) is 4.79 Å². The summed E-state index contributed by atoms with van der Waals surface area (Å²) in [7, 11) is 0. The normalized spacial score (nSPS) is 10.1. The molecule has 2 aromatic carbocycles. The number of carbonyl (C=O) groups is 2. The molecular weight excluding hydrogens is 281 g/mol. The van der Waals surface area contributed by atoms with Crippen molar-refractivity contribution in [1.82, 2.24) is 0 Å². The maximum absolute atomic E-state index is 13.5. The van der Waals surface area contributed by atoms with Crippen molar-refractivity contribution < 1.29 is 29.3 Å².